The minimum Gasteiger partial charge on any atom is -0.355 e. The van der Waals surface area contributed by atoms with E-state index in [4.69, 9.17) is 5.26 Å². The van der Waals surface area contributed by atoms with Crippen LogP contribution in [0.1, 0.15) is 12.0 Å². The number of para-hydroxylation sites is 1. The first-order valence-corrected chi connectivity index (χ1v) is 10.9. The number of nitriles is 1. The van der Waals surface area contributed by atoms with Crippen molar-refractivity contribution in [2.24, 2.45) is 0 Å². The van der Waals surface area contributed by atoms with Crippen molar-refractivity contribution in [2.45, 2.75) is 16.2 Å². The Labute approximate surface area is 180 Å². The summed E-state index contributed by atoms with van der Waals surface area (Å²) < 4.78 is 0. The minimum atomic E-state index is 0.683. The topological polar surface area (TPSA) is 54.9 Å². The Hall–Kier alpha value is -3.20. The summed E-state index contributed by atoms with van der Waals surface area (Å²) in [5, 5.41) is 13.5. The summed E-state index contributed by atoms with van der Waals surface area (Å²) in [6.07, 6.45) is 1.08. The summed E-state index contributed by atoms with van der Waals surface area (Å²) in [6.45, 7) is 1.98. The number of benzene rings is 3. The molecule has 0 atom stereocenters. The van der Waals surface area contributed by atoms with Crippen molar-refractivity contribution in [3.8, 4) is 17.3 Å². The molecule has 2 heterocycles. The highest BCUT2D eigenvalue weighted by Gasteiger charge is 2.23. The van der Waals surface area contributed by atoms with Crippen LogP contribution in [0.15, 0.2) is 76.5 Å². The largest absolute Gasteiger partial charge is 0.355 e. The van der Waals surface area contributed by atoms with E-state index in [1.54, 1.807) is 0 Å². The number of rotatable bonds is 5. The molecule has 1 aliphatic rings. The zero-order chi connectivity index (χ0) is 20.5. The summed E-state index contributed by atoms with van der Waals surface area (Å²) >= 11 is 1.83. The van der Waals surface area contributed by atoms with Gasteiger partial charge in [-0.3, -0.25) is 0 Å². The Morgan fingerprint density at radius 1 is 1.00 bits per heavy atom. The van der Waals surface area contributed by atoms with Crippen LogP contribution in [0.25, 0.3) is 22.2 Å². The first-order valence-electron chi connectivity index (χ1n) is 10.1. The van der Waals surface area contributed by atoms with Crippen LogP contribution in [0.4, 0.5) is 11.4 Å². The summed E-state index contributed by atoms with van der Waals surface area (Å²) in [5.74, 6) is 0. The second-order valence-corrected chi connectivity index (χ2v) is 8.54. The van der Waals surface area contributed by atoms with Gasteiger partial charge in [-0.2, -0.15) is 5.26 Å². The lowest BCUT2D eigenvalue weighted by atomic mass is 10.1. The van der Waals surface area contributed by atoms with Gasteiger partial charge in [0.25, 0.3) is 0 Å². The lowest BCUT2D eigenvalue weighted by molar-refractivity contribution is 0.719. The number of fused-ring (bicyclic) bond motifs is 3. The normalized spacial score (nSPS) is 12.5. The zero-order valence-corrected chi connectivity index (χ0v) is 17.6. The molecular weight excluding hydrogens is 388 g/mol. The van der Waals surface area contributed by atoms with Gasteiger partial charge in [0.2, 0.25) is 0 Å². The lowest BCUT2D eigenvalue weighted by Gasteiger charge is -2.33. The molecule has 0 aliphatic carbocycles. The number of anilines is 2. The number of nitrogens with one attached hydrogen (secondary N) is 2. The van der Waals surface area contributed by atoms with E-state index in [1.807, 2.05) is 37.0 Å². The molecule has 0 amide bonds. The maximum atomic E-state index is 9.16. The predicted molar refractivity (Wildman–Crippen MR) is 125 cm³/mol. The Balaban J connectivity index is 1.54. The van der Waals surface area contributed by atoms with Crippen molar-refractivity contribution in [3.05, 3.63) is 72.3 Å². The molecule has 30 heavy (non-hydrogen) atoms. The van der Waals surface area contributed by atoms with E-state index >= 15 is 0 Å². The summed E-state index contributed by atoms with van der Waals surface area (Å²) in [5.41, 5.74) is 6.51. The second kappa shape index (κ2) is 7.91. The van der Waals surface area contributed by atoms with Crippen LogP contribution in [0.3, 0.4) is 0 Å². The number of hydrogen-bond donors (Lipinski definition) is 2. The van der Waals surface area contributed by atoms with E-state index in [-0.39, 0.29) is 0 Å². The van der Waals surface area contributed by atoms with Crippen molar-refractivity contribution in [1.82, 2.24) is 10.3 Å². The Bertz CT molecular complexity index is 1270. The fraction of sp³-hybridized carbons (Fsp3) is 0.160. The lowest BCUT2D eigenvalue weighted by Crippen LogP contribution is -2.24. The molecule has 0 spiro atoms. The smallest absolute Gasteiger partial charge is 0.0991 e. The van der Waals surface area contributed by atoms with Crippen LogP contribution >= 0.6 is 11.8 Å². The average Bonchev–Trinajstić information content (AvgIpc) is 3.21. The van der Waals surface area contributed by atoms with Crippen molar-refractivity contribution >= 4 is 34.0 Å². The van der Waals surface area contributed by atoms with Crippen molar-refractivity contribution in [2.75, 3.05) is 25.0 Å². The van der Waals surface area contributed by atoms with Gasteiger partial charge in [-0.05, 0) is 74.1 Å². The molecule has 2 N–H and O–H groups in total. The molecular formula is C25H22N4S. The third-order valence-corrected chi connectivity index (χ3v) is 6.61. The molecule has 0 bridgehead atoms. The fourth-order valence-corrected chi connectivity index (χ4v) is 5.15. The molecule has 0 saturated carbocycles. The van der Waals surface area contributed by atoms with Gasteiger partial charge in [-0.1, -0.05) is 30.0 Å². The Morgan fingerprint density at radius 2 is 1.87 bits per heavy atom. The molecule has 5 heteroatoms. The van der Waals surface area contributed by atoms with Gasteiger partial charge < -0.3 is 15.2 Å². The van der Waals surface area contributed by atoms with Gasteiger partial charge in [-0.15, -0.1) is 0 Å². The second-order valence-electron chi connectivity index (χ2n) is 7.46. The quantitative estimate of drug-likeness (QED) is 0.401. The van der Waals surface area contributed by atoms with Gasteiger partial charge in [0, 0.05) is 32.9 Å². The first-order chi connectivity index (χ1) is 14.8. The minimum absolute atomic E-state index is 0.683. The highest BCUT2D eigenvalue weighted by atomic mass is 32.2. The van der Waals surface area contributed by atoms with Gasteiger partial charge in [-0.25, -0.2) is 0 Å². The van der Waals surface area contributed by atoms with Crippen LogP contribution in [0.2, 0.25) is 0 Å². The van der Waals surface area contributed by atoms with Crippen LogP contribution in [0.5, 0.6) is 0 Å². The Kier molecular flexibility index (Phi) is 4.96. The maximum absolute atomic E-state index is 9.16. The molecule has 5 rings (SSSR count). The predicted octanol–water partition coefficient (Wildman–Crippen LogP) is 5.92. The molecule has 0 saturated heterocycles. The number of aromatic nitrogens is 1. The molecule has 0 unspecified atom stereocenters. The van der Waals surface area contributed by atoms with E-state index < -0.39 is 0 Å². The number of hydrogen-bond acceptors (Lipinski definition) is 4. The average molecular weight is 411 g/mol. The van der Waals surface area contributed by atoms with Crippen LogP contribution < -0.4 is 10.2 Å². The maximum Gasteiger partial charge on any atom is 0.0991 e. The third kappa shape index (κ3) is 3.35. The first kappa shape index (κ1) is 18.8. The highest BCUT2D eigenvalue weighted by molar-refractivity contribution is 7.99. The van der Waals surface area contributed by atoms with E-state index in [2.05, 4.69) is 69.8 Å². The van der Waals surface area contributed by atoms with Crippen LogP contribution in [-0.4, -0.2) is 25.1 Å². The van der Waals surface area contributed by atoms with Gasteiger partial charge in [0.15, 0.2) is 0 Å². The van der Waals surface area contributed by atoms with Gasteiger partial charge >= 0.3 is 0 Å². The Morgan fingerprint density at radius 3 is 2.73 bits per heavy atom. The van der Waals surface area contributed by atoms with E-state index in [0.29, 0.717) is 5.56 Å². The van der Waals surface area contributed by atoms with Gasteiger partial charge in [0.1, 0.15) is 0 Å². The fourth-order valence-electron chi connectivity index (χ4n) is 4.01. The molecule has 4 aromatic rings. The molecule has 3 aromatic carbocycles. The van der Waals surface area contributed by atoms with E-state index in [0.717, 1.165) is 41.7 Å². The standard InChI is InChI=1S/C25H22N4S/c1-27-11-4-12-29-22-5-2-3-6-24(22)30-25-15-18(8-10-23(25)29)21-14-19-13-17(16-26)7-9-20(19)28-21/h2-3,5-10,13-15,27-28H,4,11-12H2,1H3. The summed E-state index contributed by atoms with van der Waals surface area (Å²) in [7, 11) is 2.00. The summed E-state index contributed by atoms with van der Waals surface area (Å²) in [6, 6.07) is 25.4. The van der Waals surface area contributed by atoms with Crippen LogP contribution in [-0.2, 0) is 0 Å². The number of nitrogens with zero attached hydrogens (tertiary/aromatic N) is 2. The molecule has 1 aromatic heterocycles. The van der Waals surface area contributed by atoms with E-state index in [9.17, 15) is 0 Å². The molecule has 0 radical (unpaired) electrons. The summed E-state index contributed by atoms with van der Waals surface area (Å²) in [4.78, 5) is 8.50. The molecule has 0 fully saturated rings. The molecule has 1 aliphatic heterocycles. The number of H-pyrrole nitrogens is 1. The number of aromatic amines is 1. The highest BCUT2D eigenvalue weighted by Crippen LogP contribution is 2.49. The third-order valence-electron chi connectivity index (χ3n) is 5.50. The van der Waals surface area contributed by atoms with Crippen LogP contribution in [0, 0.1) is 11.3 Å². The monoisotopic (exact) mass is 410 g/mol. The van der Waals surface area contributed by atoms with E-state index in [1.165, 1.54) is 21.2 Å². The van der Waals surface area contributed by atoms with Crippen molar-refractivity contribution in [3.63, 3.8) is 0 Å². The van der Waals surface area contributed by atoms with Gasteiger partial charge in [0.05, 0.1) is 23.0 Å². The SMILES string of the molecule is CNCCCN1c2ccccc2Sc2cc(-c3cc4cc(C#N)ccc4[nH]3)ccc21. The van der Waals surface area contributed by atoms with Crippen molar-refractivity contribution in [1.29, 1.82) is 5.26 Å². The molecule has 148 valence electrons. The van der Waals surface area contributed by atoms with Crippen molar-refractivity contribution < 1.29 is 0 Å². The zero-order valence-electron chi connectivity index (χ0n) is 16.8. The molecule has 4 nitrogen and oxygen atoms in total.